The number of rotatable bonds is 4. The predicted molar refractivity (Wildman–Crippen MR) is 86.4 cm³/mol. The van der Waals surface area contributed by atoms with E-state index in [0.717, 1.165) is 19.3 Å². The summed E-state index contributed by atoms with van der Waals surface area (Å²) in [5, 5.41) is 11.4. The average Bonchev–Trinajstić information content (AvgIpc) is 3.14. The highest BCUT2D eigenvalue weighted by atomic mass is 32.1. The van der Waals surface area contributed by atoms with E-state index in [1.54, 1.807) is 24.3 Å². The van der Waals surface area contributed by atoms with Crippen LogP contribution in [0.15, 0.2) is 30.3 Å². The van der Waals surface area contributed by atoms with Gasteiger partial charge in [0.25, 0.3) is 5.91 Å². The highest BCUT2D eigenvalue weighted by Gasteiger charge is 2.19. The van der Waals surface area contributed by atoms with Gasteiger partial charge in [0.15, 0.2) is 6.61 Å². The first-order valence-electron chi connectivity index (χ1n) is 7.24. The number of aryl methyl sites for hydroxylation is 2. The first kappa shape index (κ1) is 15.3. The van der Waals surface area contributed by atoms with Crippen LogP contribution in [-0.4, -0.2) is 18.5 Å². The molecule has 6 heteroatoms. The second kappa shape index (κ2) is 6.63. The summed E-state index contributed by atoms with van der Waals surface area (Å²) in [6, 6.07) is 10.4. The van der Waals surface area contributed by atoms with E-state index in [-0.39, 0.29) is 6.61 Å². The van der Waals surface area contributed by atoms with Gasteiger partial charge < -0.3 is 10.1 Å². The van der Waals surface area contributed by atoms with Gasteiger partial charge >= 0.3 is 5.97 Å². The molecule has 1 aliphatic rings. The fraction of sp³-hybridized carbons (Fsp3) is 0.235. The summed E-state index contributed by atoms with van der Waals surface area (Å²) in [4.78, 5) is 25.6. The Morgan fingerprint density at radius 3 is 2.96 bits per heavy atom. The van der Waals surface area contributed by atoms with E-state index in [1.807, 2.05) is 12.1 Å². The van der Waals surface area contributed by atoms with Gasteiger partial charge in [-0.15, -0.1) is 11.3 Å². The van der Waals surface area contributed by atoms with Crippen molar-refractivity contribution in [3.8, 4) is 6.07 Å². The number of benzene rings is 1. The van der Waals surface area contributed by atoms with Crippen LogP contribution in [0.25, 0.3) is 0 Å². The summed E-state index contributed by atoms with van der Waals surface area (Å²) in [6.07, 6.45) is 3.17. The molecule has 0 saturated heterocycles. The number of thiophene rings is 1. The lowest BCUT2D eigenvalue weighted by Gasteiger charge is -2.06. The summed E-state index contributed by atoms with van der Waals surface area (Å²) >= 11 is 1.45. The van der Waals surface area contributed by atoms with Crippen molar-refractivity contribution in [1.82, 2.24) is 0 Å². The van der Waals surface area contributed by atoms with Gasteiger partial charge in [-0.25, -0.2) is 4.79 Å². The number of nitrogens with zero attached hydrogens (tertiary/aromatic N) is 1. The molecule has 0 fully saturated rings. The molecule has 1 N–H and O–H groups in total. The van der Waals surface area contributed by atoms with Crippen molar-refractivity contribution in [2.75, 3.05) is 11.9 Å². The summed E-state index contributed by atoms with van der Waals surface area (Å²) in [5.41, 5.74) is 2.17. The fourth-order valence-corrected chi connectivity index (χ4v) is 3.64. The Bertz CT molecular complexity index is 783. The molecule has 0 bridgehead atoms. The Hall–Kier alpha value is -2.65. The van der Waals surface area contributed by atoms with Crippen molar-refractivity contribution in [1.29, 1.82) is 5.26 Å². The Morgan fingerprint density at radius 1 is 1.30 bits per heavy atom. The van der Waals surface area contributed by atoms with Gasteiger partial charge in [0, 0.05) is 10.6 Å². The molecule has 1 heterocycles. The monoisotopic (exact) mass is 326 g/mol. The van der Waals surface area contributed by atoms with Crippen molar-refractivity contribution in [2.45, 2.75) is 19.3 Å². The van der Waals surface area contributed by atoms with E-state index in [1.165, 1.54) is 21.8 Å². The number of esters is 1. The number of amides is 1. The molecular weight excluding hydrogens is 312 g/mol. The van der Waals surface area contributed by atoms with Crippen LogP contribution in [0.2, 0.25) is 0 Å². The maximum atomic E-state index is 12.0. The summed E-state index contributed by atoms with van der Waals surface area (Å²) in [6.45, 7) is -0.349. The number of hydrogen-bond donors (Lipinski definition) is 1. The zero-order valence-electron chi connectivity index (χ0n) is 12.3. The zero-order valence-corrected chi connectivity index (χ0v) is 13.1. The summed E-state index contributed by atoms with van der Waals surface area (Å²) in [5.74, 6) is -0.900. The van der Waals surface area contributed by atoms with E-state index in [0.29, 0.717) is 16.1 Å². The molecule has 2 aromatic rings. The molecule has 0 spiro atoms. The van der Waals surface area contributed by atoms with Crippen LogP contribution in [0.1, 0.15) is 32.1 Å². The van der Waals surface area contributed by atoms with Crippen molar-refractivity contribution in [2.24, 2.45) is 0 Å². The van der Waals surface area contributed by atoms with E-state index in [9.17, 15) is 9.59 Å². The van der Waals surface area contributed by atoms with E-state index in [2.05, 4.69) is 5.32 Å². The van der Waals surface area contributed by atoms with Gasteiger partial charge in [-0.2, -0.15) is 5.26 Å². The molecule has 1 amide bonds. The lowest BCUT2D eigenvalue weighted by Crippen LogP contribution is -2.20. The van der Waals surface area contributed by atoms with Crippen LogP contribution in [-0.2, 0) is 22.4 Å². The second-order valence-corrected chi connectivity index (χ2v) is 6.37. The highest BCUT2D eigenvalue weighted by Crippen LogP contribution is 2.30. The second-order valence-electron chi connectivity index (χ2n) is 5.23. The quantitative estimate of drug-likeness (QED) is 0.876. The van der Waals surface area contributed by atoms with Gasteiger partial charge in [0.2, 0.25) is 0 Å². The molecular formula is C17H14N2O3S. The first-order chi connectivity index (χ1) is 11.2. The van der Waals surface area contributed by atoms with Gasteiger partial charge in [0.1, 0.15) is 4.88 Å². The SMILES string of the molecule is N#Cc1cccc(NC(=O)COC(=O)c2cc3c(s2)CCC3)c1. The third-order valence-electron chi connectivity index (χ3n) is 3.56. The minimum absolute atomic E-state index is 0.349. The molecule has 0 aliphatic heterocycles. The van der Waals surface area contributed by atoms with Crippen LogP contribution in [0.5, 0.6) is 0 Å². The van der Waals surface area contributed by atoms with E-state index < -0.39 is 11.9 Å². The number of anilines is 1. The Labute approximate surface area is 137 Å². The smallest absolute Gasteiger partial charge is 0.348 e. The Morgan fingerprint density at radius 2 is 2.17 bits per heavy atom. The van der Waals surface area contributed by atoms with Gasteiger partial charge in [0.05, 0.1) is 11.6 Å². The van der Waals surface area contributed by atoms with Crippen LogP contribution < -0.4 is 5.32 Å². The fourth-order valence-electron chi connectivity index (χ4n) is 2.50. The predicted octanol–water partition coefficient (Wildman–Crippen LogP) is 2.90. The number of ether oxygens (including phenoxy) is 1. The molecule has 0 atom stereocenters. The number of nitriles is 1. The van der Waals surface area contributed by atoms with Crippen LogP contribution in [0, 0.1) is 11.3 Å². The number of carbonyl (C=O) groups excluding carboxylic acids is 2. The third-order valence-corrected chi connectivity index (χ3v) is 4.77. The number of hydrogen-bond acceptors (Lipinski definition) is 5. The Balaban J connectivity index is 1.54. The zero-order chi connectivity index (χ0) is 16.2. The standard InChI is InChI=1S/C17H14N2O3S/c18-9-11-3-1-5-13(7-11)19-16(20)10-22-17(21)15-8-12-4-2-6-14(12)23-15/h1,3,5,7-8H,2,4,6,10H2,(H,19,20). The van der Waals surface area contributed by atoms with Crippen LogP contribution in [0.4, 0.5) is 5.69 Å². The van der Waals surface area contributed by atoms with Crippen LogP contribution in [0.3, 0.4) is 0 Å². The summed E-state index contributed by atoms with van der Waals surface area (Å²) in [7, 11) is 0. The van der Waals surface area contributed by atoms with E-state index >= 15 is 0 Å². The largest absolute Gasteiger partial charge is 0.451 e. The van der Waals surface area contributed by atoms with Crippen molar-refractivity contribution in [3.63, 3.8) is 0 Å². The molecule has 5 nitrogen and oxygen atoms in total. The van der Waals surface area contributed by atoms with Gasteiger partial charge in [-0.1, -0.05) is 6.07 Å². The normalized spacial score (nSPS) is 12.3. The molecule has 23 heavy (non-hydrogen) atoms. The molecule has 0 radical (unpaired) electrons. The van der Waals surface area contributed by atoms with Gasteiger partial charge in [-0.3, -0.25) is 4.79 Å². The lowest BCUT2D eigenvalue weighted by atomic mass is 10.2. The lowest BCUT2D eigenvalue weighted by molar-refractivity contribution is -0.119. The molecule has 0 unspecified atom stereocenters. The van der Waals surface area contributed by atoms with Crippen molar-refractivity contribution < 1.29 is 14.3 Å². The molecule has 1 aromatic carbocycles. The third kappa shape index (κ3) is 3.58. The van der Waals surface area contributed by atoms with Gasteiger partial charge in [-0.05, 0) is 49.1 Å². The van der Waals surface area contributed by atoms with Crippen LogP contribution >= 0.6 is 11.3 Å². The van der Waals surface area contributed by atoms with Crippen molar-refractivity contribution >= 4 is 28.9 Å². The molecule has 0 saturated carbocycles. The number of nitrogens with one attached hydrogen (secondary N) is 1. The maximum Gasteiger partial charge on any atom is 0.348 e. The maximum absolute atomic E-state index is 12.0. The highest BCUT2D eigenvalue weighted by molar-refractivity contribution is 7.14. The number of carbonyl (C=O) groups is 2. The minimum Gasteiger partial charge on any atom is -0.451 e. The summed E-state index contributed by atoms with van der Waals surface area (Å²) < 4.78 is 5.05. The topological polar surface area (TPSA) is 79.2 Å². The molecule has 3 rings (SSSR count). The molecule has 1 aliphatic carbocycles. The van der Waals surface area contributed by atoms with Crippen molar-refractivity contribution in [3.05, 3.63) is 51.2 Å². The first-order valence-corrected chi connectivity index (χ1v) is 8.06. The van der Waals surface area contributed by atoms with E-state index in [4.69, 9.17) is 10.00 Å². The number of fused-ring (bicyclic) bond motifs is 1. The average molecular weight is 326 g/mol. The minimum atomic E-state index is -0.467. The molecule has 116 valence electrons. The Kier molecular flexibility index (Phi) is 4.40. The molecule has 1 aromatic heterocycles.